The van der Waals surface area contributed by atoms with E-state index in [4.69, 9.17) is 11.6 Å². The van der Waals surface area contributed by atoms with E-state index in [1.54, 1.807) is 11.3 Å². The predicted molar refractivity (Wildman–Crippen MR) is 103 cm³/mol. The number of hydrogen-bond donors (Lipinski definition) is 0. The topological polar surface area (TPSA) is 23.6 Å². The Labute approximate surface area is 152 Å². The van der Waals surface area contributed by atoms with Crippen LogP contribution in [0.4, 0.5) is 5.69 Å². The quantitative estimate of drug-likeness (QED) is 0.800. The van der Waals surface area contributed by atoms with Gasteiger partial charge in [-0.25, -0.2) is 0 Å². The highest BCUT2D eigenvalue weighted by molar-refractivity contribution is 7.14. The van der Waals surface area contributed by atoms with Gasteiger partial charge in [0.2, 0.25) is 0 Å². The number of carbonyl (C=O) groups is 1. The number of anilines is 1. The van der Waals surface area contributed by atoms with Crippen LogP contribution in [0.5, 0.6) is 0 Å². The number of piperazine rings is 1. The van der Waals surface area contributed by atoms with Gasteiger partial charge in [-0.15, -0.1) is 11.3 Å². The standard InChI is InChI=1S/C19H23ClN2OS/c1-4-15-11-18(24-14(15)3)19(23)22-9-7-21(8-10-22)17-12-16(20)6-5-13(17)2/h5-6,11-12H,4,7-10H2,1-3H3. The molecule has 128 valence electrons. The normalized spacial score (nSPS) is 15.0. The van der Waals surface area contributed by atoms with Crippen LogP contribution >= 0.6 is 22.9 Å². The van der Waals surface area contributed by atoms with Crippen molar-refractivity contribution in [3.63, 3.8) is 0 Å². The molecule has 1 saturated heterocycles. The lowest BCUT2D eigenvalue weighted by molar-refractivity contribution is 0.0751. The molecule has 24 heavy (non-hydrogen) atoms. The maximum absolute atomic E-state index is 12.7. The smallest absolute Gasteiger partial charge is 0.264 e. The minimum atomic E-state index is 0.172. The molecule has 5 heteroatoms. The van der Waals surface area contributed by atoms with Gasteiger partial charge in [-0.2, -0.15) is 0 Å². The fourth-order valence-corrected chi connectivity index (χ4v) is 4.45. The van der Waals surface area contributed by atoms with E-state index in [1.807, 2.05) is 17.0 Å². The van der Waals surface area contributed by atoms with E-state index in [9.17, 15) is 4.79 Å². The van der Waals surface area contributed by atoms with Crippen molar-refractivity contribution in [3.8, 4) is 0 Å². The number of aryl methyl sites for hydroxylation is 3. The monoisotopic (exact) mass is 362 g/mol. The zero-order valence-corrected chi connectivity index (χ0v) is 16.0. The largest absolute Gasteiger partial charge is 0.368 e. The highest BCUT2D eigenvalue weighted by Crippen LogP contribution is 2.27. The highest BCUT2D eigenvalue weighted by atomic mass is 35.5. The third-order valence-electron chi connectivity index (χ3n) is 4.69. The first-order valence-corrected chi connectivity index (χ1v) is 9.58. The van der Waals surface area contributed by atoms with Crippen LogP contribution in [-0.2, 0) is 6.42 Å². The molecular formula is C19H23ClN2OS. The summed E-state index contributed by atoms with van der Waals surface area (Å²) in [5.74, 6) is 0.172. The van der Waals surface area contributed by atoms with E-state index in [1.165, 1.54) is 21.7 Å². The molecule has 1 aromatic carbocycles. The van der Waals surface area contributed by atoms with Gasteiger partial charge in [-0.1, -0.05) is 24.6 Å². The number of carbonyl (C=O) groups excluding carboxylic acids is 1. The average molecular weight is 363 g/mol. The highest BCUT2D eigenvalue weighted by Gasteiger charge is 2.24. The Balaban J connectivity index is 1.68. The molecule has 0 atom stereocenters. The second kappa shape index (κ2) is 7.16. The van der Waals surface area contributed by atoms with Crippen molar-refractivity contribution in [1.82, 2.24) is 4.90 Å². The third kappa shape index (κ3) is 3.45. The molecule has 1 aliphatic rings. The molecule has 0 saturated carbocycles. The second-order valence-electron chi connectivity index (χ2n) is 6.26. The van der Waals surface area contributed by atoms with E-state index in [0.717, 1.165) is 42.5 Å². The van der Waals surface area contributed by atoms with Gasteiger partial charge in [0, 0.05) is 41.8 Å². The molecule has 0 unspecified atom stereocenters. The number of nitrogens with zero attached hydrogens (tertiary/aromatic N) is 2. The molecule has 0 spiro atoms. The van der Waals surface area contributed by atoms with Crippen LogP contribution in [0.15, 0.2) is 24.3 Å². The van der Waals surface area contributed by atoms with E-state index >= 15 is 0 Å². The van der Waals surface area contributed by atoms with Gasteiger partial charge in [-0.05, 0) is 49.6 Å². The first-order chi connectivity index (χ1) is 11.5. The van der Waals surface area contributed by atoms with Crippen molar-refractivity contribution in [1.29, 1.82) is 0 Å². The molecule has 0 aliphatic carbocycles. The van der Waals surface area contributed by atoms with Crippen molar-refractivity contribution in [2.24, 2.45) is 0 Å². The lowest BCUT2D eigenvalue weighted by Gasteiger charge is -2.36. The van der Waals surface area contributed by atoms with Crippen molar-refractivity contribution >= 4 is 34.5 Å². The van der Waals surface area contributed by atoms with Crippen LogP contribution in [0.3, 0.4) is 0 Å². The lowest BCUT2D eigenvalue weighted by atomic mass is 10.1. The SMILES string of the molecule is CCc1cc(C(=O)N2CCN(c3cc(Cl)ccc3C)CC2)sc1C. The van der Waals surface area contributed by atoms with Crippen LogP contribution < -0.4 is 4.90 Å². The van der Waals surface area contributed by atoms with Gasteiger partial charge in [-0.3, -0.25) is 4.79 Å². The molecule has 1 fully saturated rings. The van der Waals surface area contributed by atoms with Gasteiger partial charge in [0.1, 0.15) is 0 Å². The second-order valence-corrected chi connectivity index (χ2v) is 7.95. The Hall–Kier alpha value is -1.52. The summed E-state index contributed by atoms with van der Waals surface area (Å²) in [7, 11) is 0. The molecule has 0 N–H and O–H groups in total. The molecule has 1 amide bonds. The number of benzene rings is 1. The molecule has 3 nitrogen and oxygen atoms in total. The molecule has 1 aliphatic heterocycles. The summed E-state index contributed by atoms with van der Waals surface area (Å²) in [4.78, 5) is 19.2. The summed E-state index contributed by atoms with van der Waals surface area (Å²) in [6.07, 6.45) is 0.984. The Kier molecular flexibility index (Phi) is 5.16. The molecule has 2 aromatic rings. The number of halogens is 1. The van der Waals surface area contributed by atoms with E-state index in [2.05, 4.69) is 37.8 Å². The predicted octanol–water partition coefficient (Wildman–Crippen LogP) is 4.54. The summed E-state index contributed by atoms with van der Waals surface area (Å²) in [5.41, 5.74) is 3.69. The zero-order chi connectivity index (χ0) is 17.3. The molecule has 2 heterocycles. The fraction of sp³-hybridized carbons (Fsp3) is 0.421. The van der Waals surface area contributed by atoms with Gasteiger partial charge in [0.25, 0.3) is 5.91 Å². The zero-order valence-electron chi connectivity index (χ0n) is 14.4. The van der Waals surface area contributed by atoms with Crippen molar-refractivity contribution in [2.45, 2.75) is 27.2 Å². The summed E-state index contributed by atoms with van der Waals surface area (Å²) < 4.78 is 0. The maximum Gasteiger partial charge on any atom is 0.264 e. The Morgan fingerprint density at radius 3 is 2.50 bits per heavy atom. The van der Waals surface area contributed by atoms with Crippen LogP contribution in [-0.4, -0.2) is 37.0 Å². The molecule has 3 rings (SSSR count). The first-order valence-electron chi connectivity index (χ1n) is 8.39. The van der Waals surface area contributed by atoms with Crippen LogP contribution in [0.1, 0.15) is 32.6 Å². The Bertz CT molecular complexity index is 748. The van der Waals surface area contributed by atoms with Gasteiger partial charge < -0.3 is 9.80 Å². The van der Waals surface area contributed by atoms with Gasteiger partial charge in [0.15, 0.2) is 0 Å². The van der Waals surface area contributed by atoms with E-state index < -0.39 is 0 Å². The molecule has 0 bridgehead atoms. The number of hydrogen-bond acceptors (Lipinski definition) is 3. The summed E-state index contributed by atoms with van der Waals surface area (Å²) in [5, 5.41) is 0.760. The maximum atomic E-state index is 12.7. The fourth-order valence-electron chi connectivity index (χ4n) is 3.21. The summed E-state index contributed by atoms with van der Waals surface area (Å²) >= 11 is 7.76. The van der Waals surface area contributed by atoms with Crippen LogP contribution in [0, 0.1) is 13.8 Å². The summed E-state index contributed by atoms with van der Waals surface area (Å²) in [6, 6.07) is 8.06. The number of rotatable bonds is 3. The van der Waals surface area contributed by atoms with E-state index in [-0.39, 0.29) is 5.91 Å². The third-order valence-corrected chi connectivity index (χ3v) is 6.01. The minimum absolute atomic E-state index is 0.172. The van der Waals surface area contributed by atoms with Crippen molar-refractivity contribution < 1.29 is 4.79 Å². The van der Waals surface area contributed by atoms with Crippen LogP contribution in [0.2, 0.25) is 5.02 Å². The number of amides is 1. The molecule has 1 aromatic heterocycles. The Morgan fingerprint density at radius 1 is 1.17 bits per heavy atom. The Morgan fingerprint density at radius 2 is 1.88 bits per heavy atom. The number of thiophene rings is 1. The first kappa shape index (κ1) is 17.3. The average Bonchev–Trinajstić information content (AvgIpc) is 2.97. The van der Waals surface area contributed by atoms with Crippen molar-refractivity contribution in [3.05, 3.63) is 50.2 Å². The summed E-state index contributed by atoms with van der Waals surface area (Å²) in [6.45, 7) is 9.53. The molecular weight excluding hydrogens is 340 g/mol. The van der Waals surface area contributed by atoms with E-state index in [0.29, 0.717) is 0 Å². The van der Waals surface area contributed by atoms with Gasteiger partial charge >= 0.3 is 0 Å². The van der Waals surface area contributed by atoms with Gasteiger partial charge in [0.05, 0.1) is 4.88 Å². The molecule has 0 radical (unpaired) electrons. The van der Waals surface area contributed by atoms with Crippen LogP contribution in [0.25, 0.3) is 0 Å². The minimum Gasteiger partial charge on any atom is -0.368 e. The van der Waals surface area contributed by atoms with Crippen molar-refractivity contribution in [2.75, 3.05) is 31.1 Å². The lowest BCUT2D eigenvalue weighted by Crippen LogP contribution is -2.48.